The Bertz CT molecular complexity index is 214. The van der Waals surface area contributed by atoms with E-state index in [0.29, 0.717) is 11.5 Å². The van der Waals surface area contributed by atoms with Gasteiger partial charge in [0.25, 0.3) is 0 Å². The number of hydrogen-bond donors (Lipinski definition) is 2. The maximum absolute atomic E-state index is 10.6. The fourth-order valence-electron chi connectivity index (χ4n) is 2.47. The predicted octanol–water partition coefficient (Wildman–Crippen LogP) is 0.868. The first-order valence-corrected chi connectivity index (χ1v) is 4.85. The van der Waals surface area contributed by atoms with Crippen LogP contribution in [-0.4, -0.2) is 35.2 Å². The van der Waals surface area contributed by atoms with Crippen LogP contribution in [0.5, 0.6) is 0 Å². The molecule has 13 heavy (non-hydrogen) atoms. The van der Waals surface area contributed by atoms with E-state index in [4.69, 9.17) is 10.8 Å². The lowest BCUT2D eigenvalue weighted by molar-refractivity contribution is -0.0182. The molecule has 2 rings (SSSR count). The zero-order valence-corrected chi connectivity index (χ0v) is 7.70. The molecule has 1 aliphatic carbocycles. The van der Waals surface area contributed by atoms with E-state index in [-0.39, 0.29) is 0 Å². The van der Waals surface area contributed by atoms with Crippen molar-refractivity contribution in [2.45, 2.75) is 31.7 Å². The highest BCUT2D eigenvalue weighted by Gasteiger charge is 2.46. The number of nitrogens with zero attached hydrogens (tertiary/aromatic N) is 1. The van der Waals surface area contributed by atoms with Gasteiger partial charge in [0.1, 0.15) is 0 Å². The van der Waals surface area contributed by atoms with Crippen LogP contribution in [0.15, 0.2) is 0 Å². The topological polar surface area (TPSA) is 66.6 Å². The second kappa shape index (κ2) is 2.87. The van der Waals surface area contributed by atoms with Crippen LogP contribution in [0, 0.1) is 5.41 Å². The summed E-state index contributed by atoms with van der Waals surface area (Å²) < 4.78 is 0. The van der Waals surface area contributed by atoms with Gasteiger partial charge in [-0.25, -0.2) is 4.79 Å². The lowest BCUT2D eigenvalue weighted by Gasteiger charge is -2.51. The van der Waals surface area contributed by atoms with Crippen molar-refractivity contribution in [1.29, 1.82) is 0 Å². The van der Waals surface area contributed by atoms with Crippen molar-refractivity contribution < 1.29 is 9.90 Å². The van der Waals surface area contributed by atoms with Gasteiger partial charge < -0.3 is 15.7 Å². The van der Waals surface area contributed by atoms with E-state index >= 15 is 0 Å². The van der Waals surface area contributed by atoms with E-state index in [1.165, 1.54) is 4.90 Å². The summed E-state index contributed by atoms with van der Waals surface area (Å²) in [6.07, 6.45) is 3.57. The zero-order chi connectivity index (χ0) is 9.47. The smallest absolute Gasteiger partial charge is 0.407 e. The second-order valence-corrected chi connectivity index (χ2v) is 4.48. The minimum Gasteiger partial charge on any atom is -0.465 e. The molecule has 1 spiro atoms. The SMILES string of the molecule is NC1CCC2(CC1)CN(C(=O)O)C2. The van der Waals surface area contributed by atoms with Crippen LogP contribution < -0.4 is 5.73 Å². The Morgan fingerprint density at radius 2 is 1.92 bits per heavy atom. The van der Waals surface area contributed by atoms with Gasteiger partial charge in [0, 0.05) is 24.5 Å². The molecule has 0 bridgehead atoms. The average Bonchev–Trinajstić information content (AvgIpc) is 2.02. The molecule has 2 fully saturated rings. The fraction of sp³-hybridized carbons (Fsp3) is 0.889. The molecule has 4 heteroatoms. The summed E-state index contributed by atoms with van der Waals surface area (Å²) in [6, 6.07) is 0.351. The molecule has 1 saturated carbocycles. The van der Waals surface area contributed by atoms with Crippen LogP contribution in [0.2, 0.25) is 0 Å². The maximum Gasteiger partial charge on any atom is 0.407 e. The molecule has 0 aromatic rings. The maximum atomic E-state index is 10.6. The number of rotatable bonds is 0. The van der Waals surface area contributed by atoms with Crippen molar-refractivity contribution in [3.63, 3.8) is 0 Å². The van der Waals surface area contributed by atoms with Crippen LogP contribution in [0.4, 0.5) is 4.79 Å². The van der Waals surface area contributed by atoms with Crippen LogP contribution >= 0.6 is 0 Å². The van der Waals surface area contributed by atoms with Gasteiger partial charge in [0.15, 0.2) is 0 Å². The van der Waals surface area contributed by atoms with Crippen LogP contribution in [-0.2, 0) is 0 Å². The number of amides is 1. The molecule has 2 aliphatic rings. The Balaban J connectivity index is 1.86. The Morgan fingerprint density at radius 1 is 1.38 bits per heavy atom. The summed E-state index contributed by atoms with van der Waals surface area (Å²) >= 11 is 0. The second-order valence-electron chi connectivity index (χ2n) is 4.48. The Labute approximate surface area is 77.7 Å². The van der Waals surface area contributed by atoms with Crippen molar-refractivity contribution in [2.75, 3.05) is 13.1 Å². The van der Waals surface area contributed by atoms with E-state index in [0.717, 1.165) is 38.8 Å². The standard InChI is InChI=1S/C9H16N2O2/c10-7-1-3-9(4-2-7)5-11(6-9)8(12)13/h7H,1-6,10H2,(H,12,13). The van der Waals surface area contributed by atoms with Crippen molar-refractivity contribution in [2.24, 2.45) is 11.1 Å². The van der Waals surface area contributed by atoms with Gasteiger partial charge in [-0.15, -0.1) is 0 Å². The average molecular weight is 184 g/mol. The summed E-state index contributed by atoms with van der Waals surface area (Å²) in [5, 5.41) is 8.70. The summed E-state index contributed by atoms with van der Waals surface area (Å²) in [5.41, 5.74) is 6.10. The number of carboxylic acid groups (broad SMARTS) is 1. The molecular weight excluding hydrogens is 168 g/mol. The van der Waals surface area contributed by atoms with Gasteiger partial charge >= 0.3 is 6.09 Å². The fourth-order valence-corrected chi connectivity index (χ4v) is 2.47. The van der Waals surface area contributed by atoms with Crippen LogP contribution in [0.25, 0.3) is 0 Å². The molecule has 0 aromatic heterocycles. The number of likely N-dealkylation sites (tertiary alicyclic amines) is 1. The highest BCUT2D eigenvalue weighted by Crippen LogP contribution is 2.43. The van der Waals surface area contributed by atoms with Gasteiger partial charge in [0.2, 0.25) is 0 Å². The zero-order valence-electron chi connectivity index (χ0n) is 7.70. The predicted molar refractivity (Wildman–Crippen MR) is 48.5 cm³/mol. The van der Waals surface area contributed by atoms with E-state index in [1.807, 2.05) is 0 Å². The highest BCUT2D eigenvalue weighted by atomic mass is 16.4. The number of carbonyl (C=O) groups is 1. The van der Waals surface area contributed by atoms with Gasteiger partial charge in [0.05, 0.1) is 0 Å². The molecule has 0 radical (unpaired) electrons. The largest absolute Gasteiger partial charge is 0.465 e. The summed E-state index contributed by atoms with van der Waals surface area (Å²) in [6.45, 7) is 1.46. The van der Waals surface area contributed by atoms with Crippen molar-refractivity contribution in [3.8, 4) is 0 Å². The normalized spacial score (nSPS) is 27.3. The Hall–Kier alpha value is -0.770. The monoisotopic (exact) mass is 184 g/mol. The summed E-state index contributed by atoms with van der Waals surface area (Å²) in [7, 11) is 0. The molecule has 4 nitrogen and oxygen atoms in total. The summed E-state index contributed by atoms with van der Waals surface area (Å²) in [5.74, 6) is 0. The molecule has 1 amide bonds. The lowest BCUT2D eigenvalue weighted by Crippen LogP contribution is -2.59. The van der Waals surface area contributed by atoms with Crippen LogP contribution in [0.3, 0.4) is 0 Å². The minimum atomic E-state index is -0.777. The Kier molecular flexibility index (Phi) is 1.95. The Morgan fingerprint density at radius 3 is 2.38 bits per heavy atom. The molecule has 1 saturated heterocycles. The first-order valence-electron chi connectivity index (χ1n) is 4.85. The molecule has 0 unspecified atom stereocenters. The summed E-state index contributed by atoms with van der Waals surface area (Å²) in [4.78, 5) is 12.1. The minimum absolute atomic E-state index is 0.300. The van der Waals surface area contributed by atoms with Crippen molar-refractivity contribution in [3.05, 3.63) is 0 Å². The molecule has 3 N–H and O–H groups in total. The van der Waals surface area contributed by atoms with E-state index < -0.39 is 6.09 Å². The molecular formula is C9H16N2O2. The molecule has 0 atom stereocenters. The first kappa shape index (κ1) is 8.81. The third-order valence-corrected chi connectivity index (χ3v) is 3.41. The van der Waals surface area contributed by atoms with Gasteiger partial charge in [-0.1, -0.05) is 0 Å². The molecule has 1 aliphatic heterocycles. The van der Waals surface area contributed by atoms with Crippen molar-refractivity contribution >= 4 is 6.09 Å². The van der Waals surface area contributed by atoms with E-state index in [1.54, 1.807) is 0 Å². The van der Waals surface area contributed by atoms with E-state index in [2.05, 4.69) is 0 Å². The third kappa shape index (κ3) is 1.50. The van der Waals surface area contributed by atoms with Gasteiger partial charge in [-0.05, 0) is 25.7 Å². The van der Waals surface area contributed by atoms with Gasteiger partial charge in [-0.2, -0.15) is 0 Å². The molecule has 74 valence electrons. The highest BCUT2D eigenvalue weighted by molar-refractivity contribution is 5.66. The molecule has 1 heterocycles. The lowest BCUT2D eigenvalue weighted by atomic mass is 9.68. The number of hydrogen-bond acceptors (Lipinski definition) is 2. The molecule has 0 aromatic carbocycles. The third-order valence-electron chi connectivity index (χ3n) is 3.41. The van der Waals surface area contributed by atoms with Crippen molar-refractivity contribution in [1.82, 2.24) is 4.90 Å². The first-order chi connectivity index (χ1) is 6.11. The quantitative estimate of drug-likeness (QED) is 0.587. The van der Waals surface area contributed by atoms with E-state index in [9.17, 15) is 4.79 Å². The van der Waals surface area contributed by atoms with Gasteiger partial charge in [-0.3, -0.25) is 0 Å². The number of nitrogens with two attached hydrogens (primary N) is 1. The van der Waals surface area contributed by atoms with Crippen LogP contribution in [0.1, 0.15) is 25.7 Å².